The van der Waals surface area contributed by atoms with Crippen LogP contribution in [0.4, 0.5) is 0 Å². The van der Waals surface area contributed by atoms with Crippen LogP contribution in [-0.4, -0.2) is 24.7 Å². The first kappa shape index (κ1) is 16.2. The summed E-state index contributed by atoms with van der Waals surface area (Å²) in [6.07, 6.45) is 0.856. The minimum absolute atomic E-state index is 0.0410. The molecule has 0 atom stereocenters. The van der Waals surface area contributed by atoms with E-state index in [0.717, 1.165) is 16.7 Å². The van der Waals surface area contributed by atoms with Gasteiger partial charge >= 0.3 is 0 Å². The lowest BCUT2D eigenvalue weighted by Crippen LogP contribution is -2.05. The Labute approximate surface area is 136 Å². The summed E-state index contributed by atoms with van der Waals surface area (Å²) >= 11 is 0. The molecule has 0 amide bonds. The van der Waals surface area contributed by atoms with Gasteiger partial charge in [-0.25, -0.2) is 0 Å². The highest BCUT2D eigenvalue weighted by atomic mass is 32.2. The molecular formula is C18H20O4S. The van der Waals surface area contributed by atoms with Crippen molar-refractivity contribution in [1.29, 1.82) is 0 Å². The zero-order valence-electron chi connectivity index (χ0n) is 13.2. The molecule has 0 bridgehead atoms. The Kier molecular flexibility index (Phi) is 4.04. The maximum absolute atomic E-state index is 11.8. The lowest BCUT2D eigenvalue weighted by atomic mass is 9.97. The summed E-state index contributed by atoms with van der Waals surface area (Å²) in [5.41, 5.74) is 5.49. The molecule has 0 saturated carbocycles. The molecule has 0 heterocycles. The van der Waals surface area contributed by atoms with Gasteiger partial charge in [-0.2, -0.15) is 8.42 Å². The molecule has 0 aromatic heterocycles. The van der Waals surface area contributed by atoms with Crippen LogP contribution in [-0.2, 0) is 23.0 Å². The van der Waals surface area contributed by atoms with E-state index in [9.17, 15) is 13.0 Å². The fourth-order valence-corrected chi connectivity index (χ4v) is 3.99. The molecule has 1 aliphatic rings. The van der Waals surface area contributed by atoms with E-state index in [2.05, 4.69) is 26.0 Å². The van der Waals surface area contributed by atoms with Crippen LogP contribution >= 0.6 is 0 Å². The van der Waals surface area contributed by atoms with Crippen molar-refractivity contribution in [1.82, 2.24) is 0 Å². The van der Waals surface area contributed by atoms with Gasteiger partial charge in [0.1, 0.15) is 0 Å². The van der Waals surface area contributed by atoms with Crippen molar-refractivity contribution >= 4 is 10.1 Å². The lowest BCUT2D eigenvalue weighted by Gasteiger charge is -2.10. The smallest absolute Gasteiger partial charge is 0.294 e. The molecule has 2 aromatic rings. The van der Waals surface area contributed by atoms with E-state index in [0.29, 0.717) is 29.9 Å². The summed E-state index contributed by atoms with van der Waals surface area (Å²) in [6, 6.07) is 9.58. The van der Waals surface area contributed by atoms with E-state index >= 15 is 0 Å². The van der Waals surface area contributed by atoms with Crippen molar-refractivity contribution in [2.45, 2.75) is 37.5 Å². The van der Waals surface area contributed by atoms with Crippen LogP contribution in [0.15, 0.2) is 35.2 Å². The summed E-state index contributed by atoms with van der Waals surface area (Å²) < 4.78 is 33.1. The number of hydrogen-bond donors (Lipinski definition) is 2. The second-order valence-corrected chi connectivity index (χ2v) is 7.71. The van der Waals surface area contributed by atoms with Crippen molar-refractivity contribution in [3.63, 3.8) is 0 Å². The Bertz CT molecular complexity index is 867. The van der Waals surface area contributed by atoms with E-state index in [4.69, 9.17) is 5.11 Å². The lowest BCUT2D eigenvalue weighted by molar-refractivity contribution is 0.299. The van der Waals surface area contributed by atoms with Gasteiger partial charge in [0, 0.05) is 13.0 Å². The molecule has 0 unspecified atom stereocenters. The first-order chi connectivity index (χ1) is 10.8. The Morgan fingerprint density at radius 2 is 1.87 bits per heavy atom. The topological polar surface area (TPSA) is 74.6 Å². The van der Waals surface area contributed by atoms with Crippen molar-refractivity contribution in [2.75, 3.05) is 6.61 Å². The molecule has 122 valence electrons. The molecule has 0 radical (unpaired) electrons. The molecule has 0 fully saturated rings. The first-order valence-electron chi connectivity index (χ1n) is 7.68. The van der Waals surface area contributed by atoms with Gasteiger partial charge in [0.2, 0.25) is 0 Å². The van der Waals surface area contributed by atoms with Gasteiger partial charge in [0.15, 0.2) is 0 Å². The van der Waals surface area contributed by atoms with Crippen LogP contribution in [0.3, 0.4) is 0 Å². The molecule has 3 rings (SSSR count). The Balaban J connectivity index is 2.21. The molecule has 4 nitrogen and oxygen atoms in total. The number of rotatable bonds is 4. The number of hydrogen-bond acceptors (Lipinski definition) is 3. The summed E-state index contributed by atoms with van der Waals surface area (Å²) in [7, 11) is -4.29. The maximum Gasteiger partial charge on any atom is 0.294 e. The standard InChI is InChI=1S/C18H20O4S/c1-11(2)13-3-4-15-14(9-13)10-17-16(15)7-12(5-6-19)8-18(17)23(20,21)22/h3-4,7-9,11,19H,5-6,10H2,1-2H3,(H,20,21,22). The zero-order valence-corrected chi connectivity index (χ0v) is 14.0. The third-order valence-corrected chi connectivity index (χ3v) is 5.32. The van der Waals surface area contributed by atoms with E-state index in [1.807, 2.05) is 12.1 Å². The summed E-state index contributed by atoms with van der Waals surface area (Å²) in [5, 5.41) is 9.14. The van der Waals surface area contributed by atoms with E-state index in [1.54, 1.807) is 0 Å². The van der Waals surface area contributed by atoms with Crippen LogP contribution in [0.25, 0.3) is 11.1 Å². The normalized spacial score (nSPS) is 13.3. The third kappa shape index (κ3) is 2.92. The summed E-state index contributed by atoms with van der Waals surface area (Å²) in [4.78, 5) is -0.0410. The molecule has 5 heteroatoms. The fraction of sp³-hybridized carbons (Fsp3) is 0.333. The molecule has 0 saturated heterocycles. The van der Waals surface area contributed by atoms with Gasteiger partial charge < -0.3 is 5.11 Å². The highest BCUT2D eigenvalue weighted by molar-refractivity contribution is 7.85. The number of benzene rings is 2. The molecule has 2 aromatic carbocycles. The van der Waals surface area contributed by atoms with Gasteiger partial charge in [-0.15, -0.1) is 0 Å². The second-order valence-electron chi connectivity index (χ2n) is 6.32. The Hall–Kier alpha value is -1.69. The predicted octanol–water partition coefficient (Wildman–Crippen LogP) is 3.16. The second kappa shape index (κ2) is 5.74. The first-order valence-corrected chi connectivity index (χ1v) is 9.12. The molecular weight excluding hydrogens is 312 g/mol. The predicted molar refractivity (Wildman–Crippen MR) is 89.4 cm³/mol. The number of aliphatic hydroxyl groups is 1. The van der Waals surface area contributed by atoms with Crippen molar-refractivity contribution in [3.05, 3.63) is 52.6 Å². The quantitative estimate of drug-likeness (QED) is 0.720. The Morgan fingerprint density at radius 1 is 1.13 bits per heavy atom. The third-order valence-electron chi connectivity index (χ3n) is 4.40. The summed E-state index contributed by atoms with van der Waals surface area (Å²) in [6.45, 7) is 4.17. The molecule has 0 spiro atoms. The van der Waals surface area contributed by atoms with E-state index < -0.39 is 10.1 Å². The largest absolute Gasteiger partial charge is 0.396 e. The highest BCUT2D eigenvalue weighted by Crippen LogP contribution is 2.41. The fourth-order valence-electron chi connectivity index (χ4n) is 3.20. The van der Waals surface area contributed by atoms with E-state index in [-0.39, 0.29) is 11.5 Å². The van der Waals surface area contributed by atoms with Gasteiger partial charge in [0.25, 0.3) is 10.1 Å². The van der Waals surface area contributed by atoms with Crippen LogP contribution in [0.5, 0.6) is 0 Å². The zero-order chi connectivity index (χ0) is 16.8. The highest BCUT2D eigenvalue weighted by Gasteiger charge is 2.27. The average molecular weight is 332 g/mol. The van der Waals surface area contributed by atoms with Gasteiger partial charge in [-0.05, 0) is 51.8 Å². The molecule has 0 aliphatic heterocycles. The summed E-state index contributed by atoms with van der Waals surface area (Å²) in [5.74, 6) is 0.398. The monoisotopic (exact) mass is 332 g/mol. The Morgan fingerprint density at radius 3 is 2.48 bits per heavy atom. The van der Waals surface area contributed by atoms with Gasteiger partial charge in [-0.3, -0.25) is 4.55 Å². The van der Waals surface area contributed by atoms with Crippen molar-refractivity contribution in [2.24, 2.45) is 0 Å². The van der Waals surface area contributed by atoms with Crippen LogP contribution in [0, 0.1) is 0 Å². The van der Waals surface area contributed by atoms with Crippen LogP contribution < -0.4 is 0 Å². The number of fused-ring (bicyclic) bond motifs is 3. The molecule has 1 aliphatic carbocycles. The van der Waals surface area contributed by atoms with Gasteiger partial charge in [0.05, 0.1) is 4.90 Å². The van der Waals surface area contributed by atoms with E-state index in [1.165, 1.54) is 11.6 Å². The minimum atomic E-state index is -4.29. The van der Waals surface area contributed by atoms with Crippen molar-refractivity contribution < 1.29 is 18.1 Å². The minimum Gasteiger partial charge on any atom is -0.396 e. The van der Waals surface area contributed by atoms with Crippen LogP contribution in [0.1, 0.15) is 42.0 Å². The van der Waals surface area contributed by atoms with Crippen molar-refractivity contribution in [3.8, 4) is 11.1 Å². The molecule has 23 heavy (non-hydrogen) atoms. The average Bonchev–Trinajstić information content (AvgIpc) is 2.83. The maximum atomic E-state index is 11.8. The SMILES string of the molecule is CC(C)c1ccc2c(c1)Cc1c-2cc(CCO)cc1S(=O)(=O)O. The number of aliphatic hydroxyl groups excluding tert-OH is 1. The van der Waals surface area contributed by atoms with Gasteiger partial charge in [-0.1, -0.05) is 38.1 Å². The molecule has 2 N–H and O–H groups in total. The van der Waals surface area contributed by atoms with Crippen LogP contribution in [0.2, 0.25) is 0 Å².